The van der Waals surface area contributed by atoms with E-state index in [2.05, 4.69) is 45.1 Å². The summed E-state index contributed by atoms with van der Waals surface area (Å²) in [5, 5.41) is 3.48. The van der Waals surface area contributed by atoms with Crippen LogP contribution in [0.4, 0.5) is 0 Å². The van der Waals surface area contributed by atoms with E-state index in [1.165, 1.54) is 12.0 Å². The molecule has 0 aliphatic rings. The van der Waals surface area contributed by atoms with Gasteiger partial charge in [-0.15, -0.1) is 0 Å². The topological polar surface area (TPSA) is 21.3 Å². The Hall–Kier alpha value is -1.02. The zero-order valence-corrected chi connectivity index (χ0v) is 12.4. The van der Waals surface area contributed by atoms with Crippen LogP contribution in [0.15, 0.2) is 24.3 Å². The normalized spacial score (nSPS) is 13.4. The van der Waals surface area contributed by atoms with E-state index < -0.39 is 0 Å². The number of benzene rings is 1. The second kappa shape index (κ2) is 6.79. The lowest BCUT2D eigenvalue weighted by atomic mass is 9.80. The molecule has 2 nitrogen and oxygen atoms in total. The molecule has 18 heavy (non-hydrogen) atoms. The Kier molecular flexibility index (Phi) is 5.67. The van der Waals surface area contributed by atoms with Crippen molar-refractivity contribution in [1.82, 2.24) is 5.32 Å². The maximum Gasteiger partial charge on any atom is 0.122 e. The number of para-hydroxylation sites is 1. The van der Waals surface area contributed by atoms with Crippen LogP contribution in [-0.4, -0.2) is 19.7 Å². The van der Waals surface area contributed by atoms with Crippen molar-refractivity contribution in [2.75, 3.05) is 13.7 Å². The van der Waals surface area contributed by atoms with Crippen LogP contribution in [0, 0.1) is 5.41 Å². The molecular formula is C16H27NO. The highest BCUT2D eigenvalue weighted by Gasteiger charge is 2.22. The van der Waals surface area contributed by atoms with Crippen LogP contribution in [0.5, 0.6) is 5.75 Å². The molecule has 2 heteroatoms. The van der Waals surface area contributed by atoms with Gasteiger partial charge in [0.25, 0.3) is 0 Å². The van der Waals surface area contributed by atoms with Crippen LogP contribution in [0.1, 0.15) is 39.7 Å². The lowest BCUT2D eigenvalue weighted by Gasteiger charge is -2.29. The highest BCUT2D eigenvalue weighted by molar-refractivity contribution is 5.33. The molecule has 0 saturated carbocycles. The van der Waals surface area contributed by atoms with Crippen LogP contribution in [-0.2, 0) is 6.42 Å². The summed E-state index contributed by atoms with van der Waals surface area (Å²) < 4.78 is 5.43. The van der Waals surface area contributed by atoms with E-state index in [0.717, 1.165) is 18.7 Å². The standard InChI is InChI=1S/C16H27NO/c1-6-17-13(2)11-16(3,4)12-14-9-7-8-10-15(14)18-5/h7-10,13,17H,6,11-12H2,1-5H3. The third-order valence-electron chi connectivity index (χ3n) is 3.27. The van der Waals surface area contributed by atoms with E-state index in [1.54, 1.807) is 7.11 Å². The molecule has 0 bridgehead atoms. The molecule has 102 valence electrons. The number of rotatable bonds is 7. The highest BCUT2D eigenvalue weighted by Crippen LogP contribution is 2.31. The minimum atomic E-state index is 0.274. The van der Waals surface area contributed by atoms with Gasteiger partial charge in [-0.3, -0.25) is 0 Å². The second-order valence-corrected chi connectivity index (χ2v) is 5.82. The second-order valence-electron chi connectivity index (χ2n) is 5.82. The van der Waals surface area contributed by atoms with Gasteiger partial charge in [-0.05, 0) is 43.4 Å². The zero-order valence-electron chi connectivity index (χ0n) is 12.4. The molecule has 1 atom stereocenters. The molecule has 0 aromatic heterocycles. The summed E-state index contributed by atoms with van der Waals surface area (Å²) in [6, 6.07) is 8.87. The fraction of sp³-hybridized carbons (Fsp3) is 0.625. The average Bonchev–Trinajstić information content (AvgIpc) is 2.28. The van der Waals surface area contributed by atoms with Gasteiger partial charge in [-0.2, -0.15) is 0 Å². The van der Waals surface area contributed by atoms with E-state index in [-0.39, 0.29) is 5.41 Å². The molecule has 0 aliphatic carbocycles. The summed E-state index contributed by atoms with van der Waals surface area (Å²) in [5.41, 5.74) is 1.57. The molecular weight excluding hydrogens is 222 g/mol. The van der Waals surface area contributed by atoms with Gasteiger partial charge in [0.2, 0.25) is 0 Å². The molecule has 0 aliphatic heterocycles. The first-order valence-corrected chi connectivity index (χ1v) is 6.84. The summed E-state index contributed by atoms with van der Waals surface area (Å²) in [4.78, 5) is 0. The summed E-state index contributed by atoms with van der Waals surface area (Å²) in [5.74, 6) is 1.00. The number of methoxy groups -OCH3 is 1. The van der Waals surface area contributed by atoms with Crippen LogP contribution < -0.4 is 10.1 Å². The largest absolute Gasteiger partial charge is 0.496 e. The maximum atomic E-state index is 5.43. The van der Waals surface area contributed by atoms with Crippen molar-refractivity contribution in [3.63, 3.8) is 0 Å². The molecule has 1 unspecified atom stereocenters. The molecule has 0 saturated heterocycles. The van der Waals surface area contributed by atoms with Crippen LogP contribution in [0.2, 0.25) is 0 Å². The van der Waals surface area contributed by atoms with Crippen molar-refractivity contribution < 1.29 is 4.74 Å². The number of hydrogen-bond acceptors (Lipinski definition) is 2. The molecule has 0 spiro atoms. The quantitative estimate of drug-likeness (QED) is 0.796. The lowest BCUT2D eigenvalue weighted by molar-refractivity contribution is 0.284. The molecule has 0 amide bonds. The van der Waals surface area contributed by atoms with Gasteiger partial charge in [0.05, 0.1) is 7.11 Å². The zero-order chi connectivity index (χ0) is 13.6. The van der Waals surface area contributed by atoms with Crippen molar-refractivity contribution in [2.24, 2.45) is 5.41 Å². The minimum Gasteiger partial charge on any atom is -0.496 e. The Morgan fingerprint density at radius 3 is 2.56 bits per heavy atom. The van der Waals surface area contributed by atoms with Crippen molar-refractivity contribution in [3.05, 3.63) is 29.8 Å². The summed E-state index contributed by atoms with van der Waals surface area (Å²) in [6.45, 7) is 10.1. The maximum absolute atomic E-state index is 5.43. The Balaban J connectivity index is 2.69. The van der Waals surface area contributed by atoms with E-state index in [0.29, 0.717) is 6.04 Å². The van der Waals surface area contributed by atoms with E-state index in [4.69, 9.17) is 4.74 Å². The monoisotopic (exact) mass is 249 g/mol. The van der Waals surface area contributed by atoms with Gasteiger partial charge >= 0.3 is 0 Å². The van der Waals surface area contributed by atoms with E-state index in [9.17, 15) is 0 Å². The SMILES string of the molecule is CCNC(C)CC(C)(C)Cc1ccccc1OC. The third-order valence-corrected chi connectivity index (χ3v) is 3.27. The van der Waals surface area contributed by atoms with Crippen molar-refractivity contribution in [3.8, 4) is 5.75 Å². The fourth-order valence-electron chi connectivity index (χ4n) is 2.69. The smallest absolute Gasteiger partial charge is 0.122 e. The summed E-state index contributed by atoms with van der Waals surface area (Å²) in [7, 11) is 1.74. The van der Waals surface area contributed by atoms with Gasteiger partial charge in [-0.25, -0.2) is 0 Å². The Morgan fingerprint density at radius 1 is 1.28 bits per heavy atom. The molecule has 0 heterocycles. The van der Waals surface area contributed by atoms with Crippen LogP contribution >= 0.6 is 0 Å². The molecule has 0 fully saturated rings. The number of hydrogen-bond donors (Lipinski definition) is 1. The van der Waals surface area contributed by atoms with Crippen molar-refractivity contribution in [2.45, 2.75) is 46.6 Å². The number of ether oxygens (including phenoxy) is 1. The van der Waals surface area contributed by atoms with Crippen LogP contribution in [0.3, 0.4) is 0 Å². The summed E-state index contributed by atoms with van der Waals surface area (Å²) >= 11 is 0. The molecule has 1 aromatic carbocycles. The van der Waals surface area contributed by atoms with Crippen LogP contribution in [0.25, 0.3) is 0 Å². The van der Waals surface area contributed by atoms with Gasteiger partial charge in [-0.1, -0.05) is 39.0 Å². The first-order chi connectivity index (χ1) is 8.48. The molecule has 1 aromatic rings. The van der Waals surface area contributed by atoms with Crippen molar-refractivity contribution >= 4 is 0 Å². The average molecular weight is 249 g/mol. The predicted octanol–water partition coefficient (Wildman–Crippen LogP) is 3.65. The Labute approximate surface area is 112 Å². The fourth-order valence-corrected chi connectivity index (χ4v) is 2.69. The third kappa shape index (κ3) is 4.69. The van der Waals surface area contributed by atoms with Crippen molar-refractivity contribution in [1.29, 1.82) is 0 Å². The first-order valence-electron chi connectivity index (χ1n) is 6.84. The van der Waals surface area contributed by atoms with E-state index >= 15 is 0 Å². The van der Waals surface area contributed by atoms with Gasteiger partial charge in [0.15, 0.2) is 0 Å². The highest BCUT2D eigenvalue weighted by atomic mass is 16.5. The molecule has 0 radical (unpaired) electrons. The van der Waals surface area contributed by atoms with Gasteiger partial charge in [0.1, 0.15) is 5.75 Å². The summed E-state index contributed by atoms with van der Waals surface area (Å²) in [6.07, 6.45) is 2.21. The van der Waals surface area contributed by atoms with E-state index in [1.807, 2.05) is 12.1 Å². The first kappa shape index (κ1) is 15.0. The predicted molar refractivity (Wildman–Crippen MR) is 78.2 cm³/mol. The molecule has 1 rings (SSSR count). The van der Waals surface area contributed by atoms with Gasteiger partial charge < -0.3 is 10.1 Å². The number of nitrogens with one attached hydrogen (secondary N) is 1. The molecule has 1 N–H and O–H groups in total. The Morgan fingerprint density at radius 2 is 1.94 bits per heavy atom. The lowest BCUT2D eigenvalue weighted by Crippen LogP contribution is -2.32. The minimum absolute atomic E-state index is 0.274. The van der Waals surface area contributed by atoms with Gasteiger partial charge in [0, 0.05) is 6.04 Å². The Bertz CT molecular complexity index is 360.